The molecule has 1 aromatic rings. The van der Waals surface area contributed by atoms with Crippen molar-refractivity contribution >= 4 is 11.6 Å². The van der Waals surface area contributed by atoms with Gasteiger partial charge in [0.25, 0.3) is 11.6 Å². The molecule has 1 aromatic carbocycles. The van der Waals surface area contributed by atoms with Crippen molar-refractivity contribution in [2.45, 2.75) is 19.1 Å². The Morgan fingerprint density at radius 2 is 2.09 bits per heavy atom. The summed E-state index contributed by atoms with van der Waals surface area (Å²) in [5.41, 5.74) is -2.27. The predicted molar refractivity (Wildman–Crippen MR) is 71.5 cm³/mol. The van der Waals surface area contributed by atoms with Gasteiger partial charge in [0, 0.05) is 43.4 Å². The average molecular weight is 317 g/mol. The fourth-order valence-corrected chi connectivity index (χ4v) is 2.30. The third-order valence-corrected chi connectivity index (χ3v) is 3.36. The van der Waals surface area contributed by atoms with Crippen LogP contribution >= 0.6 is 0 Å². The maximum Gasteiger partial charge on any atom is 0.416 e. The van der Waals surface area contributed by atoms with Crippen molar-refractivity contribution in [3.8, 4) is 0 Å². The number of hydrogen-bond donors (Lipinski definition) is 1. The van der Waals surface area contributed by atoms with Gasteiger partial charge < -0.3 is 10.2 Å². The Bertz CT molecular complexity index is 604. The third kappa shape index (κ3) is 3.53. The molecule has 1 fully saturated rings. The first-order valence-electron chi connectivity index (χ1n) is 6.58. The van der Waals surface area contributed by atoms with Crippen molar-refractivity contribution in [3.05, 3.63) is 39.4 Å². The molecule has 1 N–H and O–H groups in total. The number of carbonyl (C=O) groups excluding carboxylic acids is 1. The van der Waals surface area contributed by atoms with E-state index in [1.54, 1.807) is 0 Å². The van der Waals surface area contributed by atoms with Crippen molar-refractivity contribution in [1.82, 2.24) is 10.2 Å². The first kappa shape index (κ1) is 16.2. The summed E-state index contributed by atoms with van der Waals surface area (Å²) in [5.74, 6) is -0.637. The molecule has 1 aliphatic rings. The van der Waals surface area contributed by atoms with E-state index in [0.29, 0.717) is 31.8 Å². The van der Waals surface area contributed by atoms with Crippen LogP contribution in [0.3, 0.4) is 0 Å². The molecule has 9 heteroatoms. The van der Waals surface area contributed by atoms with E-state index in [9.17, 15) is 28.1 Å². The number of alkyl halides is 3. The van der Waals surface area contributed by atoms with Crippen LogP contribution in [0, 0.1) is 10.1 Å². The van der Waals surface area contributed by atoms with Crippen LogP contribution in [0.4, 0.5) is 18.9 Å². The van der Waals surface area contributed by atoms with E-state index in [2.05, 4.69) is 5.32 Å². The van der Waals surface area contributed by atoms with Crippen LogP contribution in [-0.2, 0) is 6.18 Å². The number of benzene rings is 1. The van der Waals surface area contributed by atoms with Crippen molar-refractivity contribution in [3.63, 3.8) is 0 Å². The minimum atomic E-state index is -4.75. The maximum absolute atomic E-state index is 12.8. The number of rotatable bonds is 2. The summed E-state index contributed by atoms with van der Waals surface area (Å²) in [6.07, 6.45) is -4.75. The molecule has 1 amide bonds. The van der Waals surface area contributed by atoms with Gasteiger partial charge in [-0.3, -0.25) is 14.9 Å². The van der Waals surface area contributed by atoms with E-state index in [1.165, 1.54) is 4.90 Å². The topological polar surface area (TPSA) is 75.5 Å². The van der Waals surface area contributed by atoms with Crippen LogP contribution in [0.5, 0.6) is 0 Å². The molecular weight excluding hydrogens is 303 g/mol. The van der Waals surface area contributed by atoms with Gasteiger partial charge in [0.15, 0.2) is 0 Å². The summed E-state index contributed by atoms with van der Waals surface area (Å²) in [6, 6.07) is 1.97. The number of carbonyl (C=O) groups is 1. The minimum Gasteiger partial charge on any atom is -0.336 e. The molecule has 2 rings (SSSR count). The van der Waals surface area contributed by atoms with Crippen LogP contribution in [0.1, 0.15) is 22.8 Å². The third-order valence-electron chi connectivity index (χ3n) is 3.36. The summed E-state index contributed by atoms with van der Waals surface area (Å²) in [7, 11) is 0. The first-order valence-corrected chi connectivity index (χ1v) is 6.58. The molecule has 0 aromatic heterocycles. The van der Waals surface area contributed by atoms with Gasteiger partial charge in [0.2, 0.25) is 0 Å². The van der Waals surface area contributed by atoms with Gasteiger partial charge in [0.05, 0.1) is 10.5 Å². The maximum atomic E-state index is 12.8. The highest BCUT2D eigenvalue weighted by Gasteiger charge is 2.34. The Labute approximate surface area is 124 Å². The van der Waals surface area contributed by atoms with Gasteiger partial charge in [0.1, 0.15) is 0 Å². The molecule has 120 valence electrons. The molecule has 1 saturated heterocycles. The lowest BCUT2D eigenvalue weighted by atomic mass is 10.1. The van der Waals surface area contributed by atoms with Crippen LogP contribution in [0.2, 0.25) is 0 Å². The van der Waals surface area contributed by atoms with Crippen LogP contribution < -0.4 is 5.32 Å². The van der Waals surface area contributed by atoms with E-state index in [1.807, 2.05) is 6.92 Å². The van der Waals surface area contributed by atoms with Crippen molar-refractivity contribution < 1.29 is 22.9 Å². The highest BCUT2D eigenvalue weighted by molar-refractivity contribution is 5.95. The lowest BCUT2D eigenvalue weighted by Gasteiger charge is -2.32. The van der Waals surface area contributed by atoms with Crippen molar-refractivity contribution in [2.75, 3.05) is 19.6 Å². The summed E-state index contributed by atoms with van der Waals surface area (Å²) < 4.78 is 38.5. The SMILES string of the molecule is C[C@@H]1CN(C(=O)c2cc([N+](=O)[O-])cc(C(F)(F)F)c2)CCN1. The number of piperazine rings is 1. The molecule has 1 aliphatic heterocycles. The minimum absolute atomic E-state index is 0.0125. The molecule has 0 saturated carbocycles. The Kier molecular flexibility index (Phi) is 4.36. The fraction of sp³-hybridized carbons (Fsp3) is 0.462. The lowest BCUT2D eigenvalue weighted by molar-refractivity contribution is -0.385. The van der Waals surface area contributed by atoms with Crippen molar-refractivity contribution in [1.29, 1.82) is 0 Å². The fourth-order valence-electron chi connectivity index (χ4n) is 2.30. The molecule has 0 aliphatic carbocycles. The van der Waals surface area contributed by atoms with E-state index < -0.39 is 28.3 Å². The number of hydrogen-bond acceptors (Lipinski definition) is 4. The number of amides is 1. The second-order valence-corrected chi connectivity index (χ2v) is 5.13. The van der Waals surface area contributed by atoms with Gasteiger partial charge in [-0.1, -0.05) is 0 Å². The van der Waals surface area contributed by atoms with Crippen LogP contribution in [-0.4, -0.2) is 41.4 Å². The second kappa shape index (κ2) is 5.91. The Morgan fingerprint density at radius 3 is 2.64 bits per heavy atom. The summed E-state index contributed by atoms with van der Waals surface area (Å²) in [5, 5.41) is 13.9. The van der Waals surface area contributed by atoms with Gasteiger partial charge in [-0.2, -0.15) is 13.2 Å². The van der Waals surface area contributed by atoms with Gasteiger partial charge in [-0.15, -0.1) is 0 Å². The molecular formula is C13H14F3N3O3. The molecule has 1 atom stereocenters. The molecule has 6 nitrogen and oxygen atoms in total. The van der Waals surface area contributed by atoms with E-state index in [4.69, 9.17) is 0 Å². The average Bonchev–Trinajstić information content (AvgIpc) is 2.45. The van der Waals surface area contributed by atoms with Gasteiger partial charge in [-0.25, -0.2) is 0 Å². The summed E-state index contributed by atoms with van der Waals surface area (Å²) >= 11 is 0. The number of nitrogens with one attached hydrogen (secondary N) is 1. The van der Waals surface area contributed by atoms with Gasteiger partial charge in [-0.05, 0) is 13.0 Å². The molecule has 1 heterocycles. The molecule has 22 heavy (non-hydrogen) atoms. The molecule has 0 bridgehead atoms. The highest BCUT2D eigenvalue weighted by atomic mass is 19.4. The molecule has 0 radical (unpaired) electrons. The lowest BCUT2D eigenvalue weighted by Crippen LogP contribution is -2.51. The number of nitro groups is 1. The standard InChI is InChI=1S/C13H14F3N3O3/c1-8-7-18(3-2-17-8)12(20)9-4-10(13(14,15)16)6-11(5-9)19(21)22/h4-6,8,17H,2-3,7H2,1H3/t8-/m1/s1. The van der Waals surface area contributed by atoms with Crippen LogP contribution in [0.15, 0.2) is 18.2 Å². The van der Waals surface area contributed by atoms with Gasteiger partial charge >= 0.3 is 6.18 Å². The zero-order chi connectivity index (χ0) is 16.5. The number of halogens is 3. The number of non-ortho nitro benzene ring substituents is 1. The normalized spacial score (nSPS) is 19.1. The zero-order valence-corrected chi connectivity index (χ0v) is 11.7. The summed E-state index contributed by atoms with van der Waals surface area (Å²) in [6.45, 7) is 3.04. The van der Waals surface area contributed by atoms with E-state index >= 15 is 0 Å². The largest absolute Gasteiger partial charge is 0.416 e. The second-order valence-electron chi connectivity index (χ2n) is 5.13. The van der Waals surface area contributed by atoms with E-state index in [-0.39, 0.29) is 11.6 Å². The Hall–Kier alpha value is -2.16. The highest BCUT2D eigenvalue weighted by Crippen LogP contribution is 2.33. The van der Waals surface area contributed by atoms with E-state index in [0.717, 1.165) is 6.07 Å². The molecule has 0 spiro atoms. The number of nitrogens with zero attached hydrogens (tertiary/aromatic N) is 2. The van der Waals surface area contributed by atoms with Crippen LogP contribution in [0.25, 0.3) is 0 Å². The Balaban J connectivity index is 2.38. The predicted octanol–water partition coefficient (Wildman–Crippen LogP) is 2.05. The summed E-state index contributed by atoms with van der Waals surface area (Å²) in [4.78, 5) is 23.5. The smallest absolute Gasteiger partial charge is 0.336 e. The first-order chi connectivity index (χ1) is 10.2. The Morgan fingerprint density at radius 1 is 1.41 bits per heavy atom. The zero-order valence-electron chi connectivity index (χ0n) is 11.7. The quantitative estimate of drug-likeness (QED) is 0.669. The number of nitro benzene ring substituents is 1. The molecule has 0 unspecified atom stereocenters. The monoisotopic (exact) mass is 317 g/mol. The van der Waals surface area contributed by atoms with Crippen molar-refractivity contribution in [2.24, 2.45) is 0 Å².